The lowest BCUT2D eigenvalue weighted by Crippen LogP contribution is -2.36. The first-order valence-corrected chi connectivity index (χ1v) is 7.30. The number of nitrogens with zero attached hydrogens (tertiary/aromatic N) is 2. The lowest BCUT2D eigenvalue weighted by atomic mass is 10.1. The van der Waals surface area contributed by atoms with Gasteiger partial charge in [-0.1, -0.05) is 0 Å². The van der Waals surface area contributed by atoms with Crippen molar-refractivity contribution in [1.82, 2.24) is 9.80 Å². The molecule has 118 valence electrons. The minimum atomic E-state index is -0.0177. The molecule has 1 aromatic carbocycles. The van der Waals surface area contributed by atoms with Crippen LogP contribution in [0.1, 0.15) is 21.9 Å². The van der Waals surface area contributed by atoms with E-state index in [1.807, 2.05) is 33.2 Å². The molecule has 2 rings (SSSR count). The van der Waals surface area contributed by atoms with Crippen LogP contribution < -0.4 is 5.73 Å². The van der Waals surface area contributed by atoms with Gasteiger partial charge in [-0.15, -0.1) is 0 Å². The quantitative estimate of drug-likeness (QED) is 0.832. The van der Waals surface area contributed by atoms with Crippen LogP contribution in [0.5, 0.6) is 0 Å². The van der Waals surface area contributed by atoms with E-state index in [0.717, 1.165) is 18.1 Å². The van der Waals surface area contributed by atoms with Crippen LogP contribution in [-0.4, -0.2) is 42.9 Å². The van der Waals surface area contributed by atoms with Crippen LogP contribution in [0.3, 0.4) is 0 Å². The molecule has 22 heavy (non-hydrogen) atoms. The first kappa shape index (κ1) is 16.1. The van der Waals surface area contributed by atoms with Crippen LogP contribution in [-0.2, 0) is 6.54 Å². The van der Waals surface area contributed by atoms with Gasteiger partial charge in [0.2, 0.25) is 0 Å². The Kier molecular flexibility index (Phi) is 5.22. The molecule has 0 spiro atoms. The van der Waals surface area contributed by atoms with E-state index < -0.39 is 0 Å². The number of rotatable bonds is 6. The fourth-order valence-electron chi connectivity index (χ4n) is 2.14. The van der Waals surface area contributed by atoms with Gasteiger partial charge >= 0.3 is 0 Å². The molecule has 1 aromatic heterocycles. The van der Waals surface area contributed by atoms with Crippen LogP contribution in [0.2, 0.25) is 0 Å². The molecule has 5 heteroatoms. The van der Waals surface area contributed by atoms with E-state index in [4.69, 9.17) is 10.2 Å². The molecular formula is C17H23N3O2. The standard InChI is InChI=1S/C17H23N3O2/c1-13-4-9-16(22-13)12-20(11-10-19(2)3)17(21)14-5-7-15(18)8-6-14/h4-9H,10-12,18H2,1-3H3. The number of amides is 1. The molecule has 0 radical (unpaired) electrons. The number of anilines is 1. The van der Waals surface area contributed by atoms with Crippen molar-refractivity contribution in [3.63, 3.8) is 0 Å². The zero-order valence-electron chi connectivity index (χ0n) is 13.4. The Morgan fingerprint density at radius 1 is 1.09 bits per heavy atom. The summed E-state index contributed by atoms with van der Waals surface area (Å²) in [5, 5.41) is 0. The van der Waals surface area contributed by atoms with E-state index in [0.29, 0.717) is 24.3 Å². The van der Waals surface area contributed by atoms with Crippen molar-refractivity contribution < 1.29 is 9.21 Å². The highest BCUT2D eigenvalue weighted by atomic mass is 16.3. The van der Waals surface area contributed by atoms with Gasteiger partial charge in [-0.3, -0.25) is 4.79 Å². The number of likely N-dealkylation sites (N-methyl/N-ethyl adjacent to an activating group) is 1. The fourth-order valence-corrected chi connectivity index (χ4v) is 2.14. The highest BCUT2D eigenvalue weighted by Gasteiger charge is 2.17. The number of hydrogen-bond acceptors (Lipinski definition) is 4. The molecule has 1 amide bonds. The Balaban J connectivity index is 2.15. The largest absolute Gasteiger partial charge is 0.464 e. The number of nitrogen functional groups attached to an aromatic ring is 1. The number of nitrogens with two attached hydrogens (primary N) is 1. The maximum absolute atomic E-state index is 12.7. The van der Waals surface area contributed by atoms with Gasteiger partial charge in [-0.05, 0) is 57.4 Å². The van der Waals surface area contributed by atoms with Crippen LogP contribution in [0, 0.1) is 6.92 Å². The molecule has 0 bridgehead atoms. The summed E-state index contributed by atoms with van der Waals surface area (Å²) >= 11 is 0. The predicted molar refractivity (Wildman–Crippen MR) is 87.6 cm³/mol. The first-order chi connectivity index (χ1) is 10.5. The normalized spacial score (nSPS) is 10.9. The van der Waals surface area contributed by atoms with Crippen molar-refractivity contribution in [2.45, 2.75) is 13.5 Å². The van der Waals surface area contributed by atoms with Gasteiger partial charge in [0.15, 0.2) is 0 Å². The van der Waals surface area contributed by atoms with E-state index >= 15 is 0 Å². The first-order valence-electron chi connectivity index (χ1n) is 7.30. The molecule has 0 aliphatic rings. The smallest absolute Gasteiger partial charge is 0.254 e. The molecule has 0 saturated heterocycles. The molecule has 2 N–H and O–H groups in total. The fraction of sp³-hybridized carbons (Fsp3) is 0.353. The van der Waals surface area contributed by atoms with Crippen LogP contribution >= 0.6 is 0 Å². The molecule has 5 nitrogen and oxygen atoms in total. The van der Waals surface area contributed by atoms with Gasteiger partial charge in [0.05, 0.1) is 6.54 Å². The summed E-state index contributed by atoms with van der Waals surface area (Å²) in [6.07, 6.45) is 0. The lowest BCUT2D eigenvalue weighted by molar-refractivity contribution is 0.0719. The van der Waals surface area contributed by atoms with Gasteiger partial charge in [-0.25, -0.2) is 0 Å². The summed E-state index contributed by atoms with van der Waals surface area (Å²) < 4.78 is 5.60. The van der Waals surface area contributed by atoms with E-state index in [-0.39, 0.29) is 5.91 Å². The number of benzene rings is 1. The van der Waals surface area contributed by atoms with Crippen molar-refractivity contribution in [2.24, 2.45) is 0 Å². The Labute approximate surface area is 131 Å². The SMILES string of the molecule is Cc1ccc(CN(CCN(C)C)C(=O)c2ccc(N)cc2)o1. The van der Waals surface area contributed by atoms with Gasteiger partial charge < -0.3 is 20.0 Å². The third kappa shape index (κ3) is 4.36. The molecule has 0 aliphatic heterocycles. The Bertz CT molecular complexity index is 617. The zero-order chi connectivity index (χ0) is 16.1. The molecule has 0 aliphatic carbocycles. The van der Waals surface area contributed by atoms with E-state index in [1.165, 1.54) is 0 Å². The van der Waals surface area contributed by atoms with Crippen LogP contribution in [0.25, 0.3) is 0 Å². The van der Waals surface area contributed by atoms with Crippen molar-refractivity contribution in [3.05, 3.63) is 53.5 Å². The van der Waals surface area contributed by atoms with E-state index in [1.54, 1.807) is 29.2 Å². The Morgan fingerprint density at radius 2 is 1.77 bits per heavy atom. The molecule has 0 atom stereocenters. The monoisotopic (exact) mass is 301 g/mol. The van der Waals surface area contributed by atoms with Crippen molar-refractivity contribution >= 4 is 11.6 Å². The molecular weight excluding hydrogens is 278 g/mol. The van der Waals surface area contributed by atoms with Gasteiger partial charge in [0, 0.05) is 24.3 Å². The van der Waals surface area contributed by atoms with Gasteiger partial charge in [-0.2, -0.15) is 0 Å². The molecule has 0 unspecified atom stereocenters. The highest BCUT2D eigenvalue weighted by molar-refractivity contribution is 5.94. The average molecular weight is 301 g/mol. The summed E-state index contributed by atoms with van der Waals surface area (Å²) in [4.78, 5) is 16.6. The number of hydrogen-bond donors (Lipinski definition) is 1. The Hall–Kier alpha value is -2.27. The summed E-state index contributed by atoms with van der Waals surface area (Å²) in [6, 6.07) is 10.8. The lowest BCUT2D eigenvalue weighted by Gasteiger charge is -2.23. The second-order valence-electron chi connectivity index (χ2n) is 5.66. The van der Waals surface area contributed by atoms with Crippen molar-refractivity contribution in [3.8, 4) is 0 Å². The summed E-state index contributed by atoms with van der Waals surface area (Å²) in [5.41, 5.74) is 6.97. The number of aryl methyl sites for hydroxylation is 1. The average Bonchev–Trinajstić information content (AvgIpc) is 2.88. The summed E-state index contributed by atoms with van der Waals surface area (Å²) in [5.74, 6) is 1.62. The van der Waals surface area contributed by atoms with Crippen molar-refractivity contribution in [2.75, 3.05) is 32.9 Å². The molecule has 2 aromatic rings. The van der Waals surface area contributed by atoms with Gasteiger partial charge in [0.25, 0.3) is 5.91 Å². The third-order valence-electron chi connectivity index (χ3n) is 3.40. The van der Waals surface area contributed by atoms with Crippen LogP contribution in [0.4, 0.5) is 5.69 Å². The second kappa shape index (κ2) is 7.13. The molecule has 0 saturated carbocycles. The van der Waals surface area contributed by atoms with Crippen molar-refractivity contribution in [1.29, 1.82) is 0 Å². The number of carbonyl (C=O) groups is 1. The Morgan fingerprint density at radius 3 is 2.32 bits per heavy atom. The highest BCUT2D eigenvalue weighted by Crippen LogP contribution is 2.14. The number of carbonyl (C=O) groups excluding carboxylic acids is 1. The number of furan rings is 1. The summed E-state index contributed by atoms with van der Waals surface area (Å²) in [7, 11) is 3.98. The van der Waals surface area contributed by atoms with E-state index in [9.17, 15) is 4.79 Å². The van der Waals surface area contributed by atoms with E-state index in [2.05, 4.69) is 4.90 Å². The second-order valence-corrected chi connectivity index (χ2v) is 5.66. The minimum absolute atomic E-state index is 0.0177. The summed E-state index contributed by atoms with van der Waals surface area (Å²) in [6.45, 7) is 3.79. The zero-order valence-corrected chi connectivity index (χ0v) is 13.4. The minimum Gasteiger partial charge on any atom is -0.464 e. The van der Waals surface area contributed by atoms with Gasteiger partial charge in [0.1, 0.15) is 11.5 Å². The maximum Gasteiger partial charge on any atom is 0.254 e. The topological polar surface area (TPSA) is 62.7 Å². The molecule has 1 heterocycles. The molecule has 0 fully saturated rings. The van der Waals surface area contributed by atoms with Crippen LogP contribution in [0.15, 0.2) is 40.8 Å². The maximum atomic E-state index is 12.7. The third-order valence-corrected chi connectivity index (χ3v) is 3.40. The predicted octanol–water partition coefficient (Wildman–Crippen LogP) is 2.37.